The summed E-state index contributed by atoms with van der Waals surface area (Å²) in [6.45, 7) is 5.18. The van der Waals surface area contributed by atoms with E-state index in [1.807, 2.05) is 13.8 Å². The monoisotopic (exact) mass is 502 g/mol. The maximum atomic E-state index is 13.3. The highest BCUT2D eigenvalue weighted by molar-refractivity contribution is 7.13. The molecule has 0 N–H and O–H groups in total. The lowest BCUT2D eigenvalue weighted by Gasteiger charge is -2.47. The number of allylic oxidation sites excluding steroid dienone is 1. The third-order valence-corrected chi connectivity index (χ3v) is 6.87. The Morgan fingerprint density at radius 2 is 1.89 bits per heavy atom. The van der Waals surface area contributed by atoms with Crippen LogP contribution in [0.2, 0.25) is 0 Å². The van der Waals surface area contributed by atoms with Crippen LogP contribution in [-0.4, -0.2) is 89.1 Å². The van der Waals surface area contributed by atoms with Crippen LogP contribution in [0.25, 0.3) is 5.57 Å². The van der Waals surface area contributed by atoms with Gasteiger partial charge in [-0.15, -0.1) is 10.2 Å². The standard InChI is InChI=1S/C24H27FN4O5S/c1-14(2)29-17(13-34-9-8-33-3)11-28-12-18(21(30)22(31)20(28)24(29)32)23-27-26-19(35-23)10-15-4-6-16(25)7-5-15/h4-7,12,14,17,20H,8-11,13H2,1-3H3/t17-,20?/m0/s1. The molecule has 0 spiro atoms. The predicted molar refractivity (Wildman–Crippen MR) is 126 cm³/mol. The van der Waals surface area contributed by atoms with E-state index in [2.05, 4.69) is 10.2 Å². The second-order valence-electron chi connectivity index (χ2n) is 8.70. The first kappa shape index (κ1) is 25.1. The maximum absolute atomic E-state index is 13.3. The van der Waals surface area contributed by atoms with Crippen LogP contribution in [0.1, 0.15) is 29.4 Å². The molecule has 1 amide bonds. The van der Waals surface area contributed by atoms with Crippen LogP contribution in [0.4, 0.5) is 4.39 Å². The highest BCUT2D eigenvalue weighted by Gasteiger charge is 2.49. The van der Waals surface area contributed by atoms with Crippen LogP contribution in [0.5, 0.6) is 0 Å². The molecule has 0 bridgehead atoms. The SMILES string of the molecule is COCCOC[C@@H]1CN2C=C(c3nnc(Cc4ccc(F)cc4)s3)C(=O)C(=O)C2C(=O)N1C(C)C. The number of aromatic nitrogens is 2. The van der Waals surface area contributed by atoms with Crippen molar-refractivity contribution in [2.24, 2.45) is 0 Å². The number of ether oxygens (including phenoxy) is 2. The lowest BCUT2D eigenvalue weighted by Crippen LogP contribution is -2.67. The lowest BCUT2D eigenvalue weighted by atomic mass is 9.92. The van der Waals surface area contributed by atoms with Gasteiger partial charge in [-0.2, -0.15) is 0 Å². The molecule has 1 aromatic heterocycles. The Kier molecular flexibility index (Phi) is 7.68. The van der Waals surface area contributed by atoms with Crippen LogP contribution in [-0.2, 0) is 30.3 Å². The molecule has 9 nitrogen and oxygen atoms in total. The largest absolute Gasteiger partial charge is 0.382 e. The third kappa shape index (κ3) is 5.31. The van der Waals surface area contributed by atoms with Gasteiger partial charge in [0.2, 0.25) is 11.6 Å². The van der Waals surface area contributed by atoms with Crippen molar-refractivity contribution in [1.82, 2.24) is 20.0 Å². The molecule has 2 aliphatic rings. The quantitative estimate of drug-likeness (QED) is 0.290. The van der Waals surface area contributed by atoms with Gasteiger partial charge >= 0.3 is 0 Å². The van der Waals surface area contributed by atoms with Crippen LogP contribution in [0.15, 0.2) is 30.5 Å². The molecule has 1 aromatic carbocycles. The molecule has 2 aromatic rings. The van der Waals surface area contributed by atoms with E-state index in [0.29, 0.717) is 36.2 Å². The molecule has 0 saturated carbocycles. The Labute approximate surface area is 206 Å². The highest BCUT2D eigenvalue weighted by Crippen LogP contribution is 2.31. The van der Waals surface area contributed by atoms with Crippen molar-refractivity contribution in [3.8, 4) is 0 Å². The van der Waals surface area contributed by atoms with Gasteiger partial charge in [0.25, 0.3) is 5.91 Å². The summed E-state index contributed by atoms with van der Waals surface area (Å²) < 4.78 is 23.9. The fourth-order valence-corrected chi connectivity index (χ4v) is 5.19. The van der Waals surface area contributed by atoms with Gasteiger partial charge in [-0.3, -0.25) is 14.4 Å². The van der Waals surface area contributed by atoms with Gasteiger partial charge in [0.15, 0.2) is 11.0 Å². The van der Waals surface area contributed by atoms with E-state index in [1.165, 1.54) is 23.5 Å². The average molecular weight is 503 g/mol. The van der Waals surface area contributed by atoms with Gasteiger partial charge < -0.3 is 19.3 Å². The molecule has 1 unspecified atom stereocenters. The van der Waals surface area contributed by atoms with Crippen molar-refractivity contribution < 1.29 is 28.2 Å². The molecule has 4 rings (SSSR count). The smallest absolute Gasteiger partial charge is 0.254 e. The first-order valence-corrected chi connectivity index (χ1v) is 12.1. The van der Waals surface area contributed by atoms with E-state index in [4.69, 9.17) is 9.47 Å². The molecule has 3 heterocycles. The maximum Gasteiger partial charge on any atom is 0.254 e. The zero-order valence-corrected chi connectivity index (χ0v) is 20.6. The molecule has 11 heteroatoms. The molecule has 1 saturated heterocycles. The predicted octanol–water partition coefficient (Wildman–Crippen LogP) is 1.71. The van der Waals surface area contributed by atoms with Gasteiger partial charge in [-0.1, -0.05) is 23.5 Å². The topological polar surface area (TPSA) is 102 Å². The van der Waals surface area contributed by atoms with Crippen LogP contribution in [0.3, 0.4) is 0 Å². The number of hydrogen-bond acceptors (Lipinski definition) is 9. The first-order valence-electron chi connectivity index (χ1n) is 11.3. The number of benzene rings is 1. The van der Waals surface area contributed by atoms with Crippen molar-refractivity contribution in [1.29, 1.82) is 0 Å². The molecule has 35 heavy (non-hydrogen) atoms. The fraction of sp³-hybridized carbons (Fsp3) is 0.458. The number of amides is 1. The minimum absolute atomic E-state index is 0.124. The van der Waals surface area contributed by atoms with Gasteiger partial charge in [-0.25, -0.2) is 4.39 Å². The zero-order chi connectivity index (χ0) is 25.1. The molecule has 186 valence electrons. The van der Waals surface area contributed by atoms with Crippen molar-refractivity contribution in [2.75, 3.05) is 33.5 Å². The van der Waals surface area contributed by atoms with E-state index in [-0.39, 0.29) is 30.1 Å². The summed E-state index contributed by atoms with van der Waals surface area (Å²) in [6.07, 6.45) is 1.97. The van der Waals surface area contributed by atoms with Crippen LogP contribution >= 0.6 is 11.3 Å². The number of Topliss-reactive ketones (excluding diaryl/α,β-unsaturated/α-hetero) is 2. The summed E-state index contributed by atoms with van der Waals surface area (Å²) in [5.41, 5.74) is 0.972. The molecule has 0 aliphatic carbocycles. The number of methoxy groups -OCH3 is 1. The van der Waals surface area contributed by atoms with E-state index in [0.717, 1.165) is 5.56 Å². The zero-order valence-electron chi connectivity index (χ0n) is 19.8. The van der Waals surface area contributed by atoms with E-state index in [9.17, 15) is 18.8 Å². The summed E-state index contributed by atoms with van der Waals surface area (Å²) in [5, 5.41) is 9.20. The molecular weight excluding hydrogens is 475 g/mol. The first-order chi connectivity index (χ1) is 16.8. The molecular formula is C24H27FN4O5S. The molecule has 2 aliphatic heterocycles. The van der Waals surface area contributed by atoms with Crippen LogP contribution < -0.4 is 0 Å². The number of halogens is 1. The second kappa shape index (κ2) is 10.7. The Bertz CT molecular complexity index is 1130. The Morgan fingerprint density at radius 1 is 1.14 bits per heavy atom. The minimum atomic E-state index is -1.18. The highest BCUT2D eigenvalue weighted by atomic mass is 32.1. The lowest BCUT2D eigenvalue weighted by molar-refractivity contribution is -0.156. The average Bonchev–Trinajstić information content (AvgIpc) is 3.28. The Morgan fingerprint density at radius 3 is 2.57 bits per heavy atom. The van der Waals surface area contributed by atoms with E-state index in [1.54, 1.807) is 35.2 Å². The summed E-state index contributed by atoms with van der Waals surface area (Å²) in [4.78, 5) is 42.6. The van der Waals surface area contributed by atoms with Crippen molar-refractivity contribution in [3.05, 3.63) is 51.9 Å². The summed E-state index contributed by atoms with van der Waals surface area (Å²) in [5.74, 6) is -2.25. The summed E-state index contributed by atoms with van der Waals surface area (Å²) >= 11 is 1.19. The normalized spacial score (nSPS) is 20.5. The number of fused-ring (bicyclic) bond motifs is 1. The Hall–Kier alpha value is -3.02. The summed E-state index contributed by atoms with van der Waals surface area (Å²) in [7, 11) is 1.58. The van der Waals surface area contributed by atoms with E-state index < -0.39 is 23.5 Å². The van der Waals surface area contributed by atoms with Crippen molar-refractivity contribution >= 4 is 34.4 Å². The summed E-state index contributed by atoms with van der Waals surface area (Å²) in [6, 6.07) is 4.41. The number of carbonyl (C=O) groups excluding carboxylic acids is 3. The van der Waals surface area contributed by atoms with Gasteiger partial charge in [0.1, 0.15) is 10.8 Å². The Balaban J connectivity index is 1.57. The van der Waals surface area contributed by atoms with Gasteiger partial charge in [-0.05, 0) is 31.5 Å². The second-order valence-corrected chi connectivity index (χ2v) is 9.76. The molecule has 2 atom stereocenters. The third-order valence-electron chi connectivity index (χ3n) is 5.91. The number of ketones is 2. The van der Waals surface area contributed by atoms with Crippen molar-refractivity contribution in [3.63, 3.8) is 0 Å². The number of carbonyl (C=O) groups is 3. The molecule has 0 radical (unpaired) electrons. The minimum Gasteiger partial charge on any atom is -0.382 e. The number of hydrogen-bond donors (Lipinski definition) is 0. The van der Waals surface area contributed by atoms with Crippen molar-refractivity contribution in [2.45, 2.75) is 38.4 Å². The van der Waals surface area contributed by atoms with Gasteiger partial charge in [0.05, 0.1) is 31.4 Å². The fourth-order valence-electron chi connectivity index (χ4n) is 4.30. The number of nitrogens with zero attached hydrogens (tertiary/aromatic N) is 4. The van der Waals surface area contributed by atoms with E-state index >= 15 is 0 Å². The molecule has 1 fully saturated rings. The van der Waals surface area contributed by atoms with Crippen LogP contribution in [0, 0.1) is 5.82 Å². The number of rotatable bonds is 9. The number of piperazine rings is 1. The van der Waals surface area contributed by atoms with Gasteiger partial charge in [0, 0.05) is 32.3 Å².